The van der Waals surface area contributed by atoms with Crippen molar-refractivity contribution in [3.8, 4) is 0 Å². The molecule has 2 N–H and O–H groups in total. The third-order valence-electron chi connectivity index (χ3n) is 5.31. The SMILES string of the molecule is CC1(CO)CCCN(C(=O)c2cc(C3CCCCC3)[nH]n2)C1. The van der Waals surface area contributed by atoms with Crippen molar-refractivity contribution in [1.82, 2.24) is 15.1 Å². The number of rotatable bonds is 3. The van der Waals surface area contributed by atoms with Gasteiger partial charge in [-0.1, -0.05) is 26.2 Å². The number of hydrogen-bond acceptors (Lipinski definition) is 3. The number of amides is 1. The Kier molecular flexibility index (Phi) is 4.52. The highest BCUT2D eigenvalue weighted by molar-refractivity contribution is 5.92. The molecule has 1 aliphatic heterocycles. The van der Waals surface area contributed by atoms with E-state index in [0.717, 1.165) is 25.1 Å². The maximum absolute atomic E-state index is 12.7. The molecule has 22 heavy (non-hydrogen) atoms. The first-order chi connectivity index (χ1) is 10.6. The fourth-order valence-corrected chi connectivity index (χ4v) is 3.85. The molecule has 1 saturated carbocycles. The summed E-state index contributed by atoms with van der Waals surface area (Å²) >= 11 is 0. The fourth-order valence-electron chi connectivity index (χ4n) is 3.85. The quantitative estimate of drug-likeness (QED) is 0.902. The topological polar surface area (TPSA) is 69.2 Å². The standard InChI is InChI=1S/C17H27N3O2/c1-17(12-21)8-5-9-20(11-17)16(22)15-10-14(18-19-15)13-6-3-2-4-7-13/h10,13,21H,2-9,11-12H2,1H3,(H,18,19). The number of carbonyl (C=O) groups excluding carboxylic acids is 1. The van der Waals surface area contributed by atoms with Crippen molar-refractivity contribution in [2.45, 2.75) is 57.8 Å². The van der Waals surface area contributed by atoms with Gasteiger partial charge in [-0.15, -0.1) is 0 Å². The summed E-state index contributed by atoms with van der Waals surface area (Å²) in [4.78, 5) is 14.5. The van der Waals surface area contributed by atoms with Gasteiger partial charge in [-0.25, -0.2) is 0 Å². The molecule has 1 saturated heterocycles. The lowest BCUT2D eigenvalue weighted by molar-refractivity contribution is 0.0353. The number of aliphatic hydroxyl groups excluding tert-OH is 1. The molecule has 1 aliphatic carbocycles. The Bertz CT molecular complexity index is 522. The molecule has 0 spiro atoms. The summed E-state index contributed by atoms with van der Waals surface area (Å²) < 4.78 is 0. The van der Waals surface area contributed by atoms with Gasteiger partial charge in [0, 0.05) is 30.1 Å². The first-order valence-electron chi connectivity index (χ1n) is 8.57. The molecule has 5 nitrogen and oxygen atoms in total. The number of aromatic amines is 1. The van der Waals surface area contributed by atoms with Crippen molar-refractivity contribution in [3.05, 3.63) is 17.5 Å². The van der Waals surface area contributed by atoms with Crippen LogP contribution in [0, 0.1) is 5.41 Å². The van der Waals surface area contributed by atoms with Crippen LogP contribution in [0.2, 0.25) is 0 Å². The van der Waals surface area contributed by atoms with Crippen LogP contribution < -0.4 is 0 Å². The Morgan fingerprint density at radius 1 is 1.41 bits per heavy atom. The second-order valence-corrected chi connectivity index (χ2v) is 7.34. The minimum absolute atomic E-state index is 0.00214. The Morgan fingerprint density at radius 3 is 2.91 bits per heavy atom. The Hall–Kier alpha value is -1.36. The summed E-state index contributed by atoms with van der Waals surface area (Å²) in [6.45, 7) is 3.56. The van der Waals surface area contributed by atoms with E-state index in [9.17, 15) is 9.90 Å². The summed E-state index contributed by atoms with van der Waals surface area (Å²) in [5, 5.41) is 16.9. The molecule has 1 atom stereocenters. The monoisotopic (exact) mass is 305 g/mol. The van der Waals surface area contributed by atoms with E-state index in [2.05, 4.69) is 10.2 Å². The first kappa shape index (κ1) is 15.5. The van der Waals surface area contributed by atoms with E-state index < -0.39 is 0 Å². The van der Waals surface area contributed by atoms with Gasteiger partial charge in [-0.2, -0.15) is 5.10 Å². The predicted octanol–water partition coefficient (Wildman–Crippen LogP) is 2.69. The second kappa shape index (κ2) is 6.41. The predicted molar refractivity (Wildman–Crippen MR) is 84.7 cm³/mol. The van der Waals surface area contributed by atoms with E-state index >= 15 is 0 Å². The molecule has 122 valence electrons. The van der Waals surface area contributed by atoms with Crippen LogP contribution in [0.4, 0.5) is 0 Å². The molecule has 2 fully saturated rings. The lowest BCUT2D eigenvalue weighted by atomic mass is 9.82. The Labute approximate surface area is 132 Å². The zero-order chi connectivity index (χ0) is 15.6. The number of aliphatic hydroxyl groups is 1. The van der Waals surface area contributed by atoms with Crippen LogP contribution in [0.15, 0.2) is 6.07 Å². The Balaban J connectivity index is 1.68. The molecule has 5 heteroatoms. The minimum atomic E-state index is -0.170. The van der Waals surface area contributed by atoms with Gasteiger partial charge in [0.1, 0.15) is 5.69 Å². The third-order valence-corrected chi connectivity index (χ3v) is 5.31. The van der Waals surface area contributed by atoms with Gasteiger partial charge in [0.15, 0.2) is 0 Å². The van der Waals surface area contributed by atoms with Crippen LogP contribution in [-0.2, 0) is 0 Å². The molecule has 3 rings (SSSR count). The van der Waals surface area contributed by atoms with Gasteiger partial charge in [0.2, 0.25) is 0 Å². The van der Waals surface area contributed by atoms with E-state index in [0.29, 0.717) is 18.2 Å². The van der Waals surface area contributed by atoms with E-state index in [1.807, 2.05) is 17.9 Å². The smallest absolute Gasteiger partial charge is 0.274 e. The molecular formula is C17H27N3O2. The summed E-state index contributed by atoms with van der Waals surface area (Å²) in [6.07, 6.45) is 8.18. The van der Waals surface area contributed by atoms with Crippen LogP contribution >= 0.6 is 0 Å². The molecule has 1 aromatic heterocycles. The minimum Gasteiger partial charge on any atom is -0.396 e. The van der Waals surface area contributed by atoms with Crippen LogP contribution in [-0.4, -0.2) is 45.8 Å². The molecule has 0 bridgehead atoms. The van der Waals surface area contributed by atoms with Crippen molar-refractivity contribution in [2.24, 2.45) is 5.41 Å². The van der Waals surface area contributed by atoms with Crippen molar-refractivity contribution >= 4 is 5.91 Å². The lowest BCUT2D eigenvalue weighted by Gasteiger charge is -2.39. The van der Waals surface area contributed by atoms with Crippen molar-refractivity contribution in [2.75, 3.05) is 19.7 Å². The number of carbonyl (C=O) groups is 1. The second-order valence-electron chi connectivity index (χ2n) is 7.34. The van der Waals surface area contributed by atoms with Gasteiger partial charge in [0.05, 0.1) is 6.61 Å². The van der Waals surface area contributed by atoms with Crippen molar-refractivity contribution in [3.63, 3.8) is 0 Å². The highest BCUT2D eigenvalue weighted by Gasteiger charge is 2.33. The largest absolute Gasteiger partial charge is 0.396 e. The normalized spacial score (nSPS) is 27.1. The van der Waals surface area contributed by atoms with Crippen LogP contribution in [0.25, 0.3) is 0 Å². The molecule has 1 amide bonds. The zero-order valence-electron chi connectivity index (χ0n) is 13.5. The zero-order valence-corrected chi connectivity index (χ0v) is 13.5. The number of aromatic nitrogens is 2. The number of hydrogen-bond donors (Lipinski definition) is 2. The van der Waals surface area contributed by atoms with E-state index in [-0.39, 0.29) is 17.9 Å². The van der Waals surface area contributed by atoms with Crippen molar-refractivity contribution in [1.29, 1.82) is 0 Å². The van der Waals surface area contributed by atoms with E-state index in [1.165, 1.54) is 32.1 Å². The van der Waals surface area contributed by atoms with Gasteiger partial charge >= 0.3 is 0 Å². The molecular weight excluding hydrogens is 278 g/mol. The van der Waals surface area contributed by atoms with E-state index in [1.54, 1.807) is 0 Å². The average molecular weight is 305 g/mol. The molecule has 0 radical (unpaired) electrons. The fraction of sp³-hybridized carbons (Fsp3) is 0.765. The summed E-state index contributed by atoms with van der Waals surface area (Å²) in [5.41, 5.74) is 1.48. The third kappa shape index (κ3) is 3.19. The van der Waals surface area contributed by atoms with Crippen molar-refractivity contribution < 1.29 is 9.90 Å². The lowest BCUT2D eigenvalue weighted by Crippen LogP contribution is -2.46. The maximum atomic E-state index is 12.7. The van der Waals surface area contributed by atoms with Gasteiger partial charge in [-0.05, 0) is 31.7 Å². The first-order valence-corrected chi connectivity index (χ1v) is 8.57. The maximum Gasteiger partial charge on any atom is 0.274 e. The molecule has 0 aromatic carbocycles. The number of nitrogens with one attached hydrogen (secondary N) is 1. The van der Waals surface area contributed by atoms with Gasteiger partial charge in [0.25, 0.3) is 5.91 Å². The molecule has 2 aliphatic rings. The number of piperidine rings is 1. The summed E-state index contributed by atoms with van der Waals surface area (Å²) in [7, 11) is 0. The summed E-state index contributed by atoms with van der Waals surface area (Å²) in [6, 6.07) is 1.95. The van der Waals surface area contributed by atoms with Crippen LogP contribution in [0.3, 0.4) is 0 Å². The van der Waals surface area contributed by atoms with Gasteiger partial charge in [-0.3, -0.25) is 9.89 Å². The van der Waals surface area contributed by atoms with Gasteiger partial charge < -0.3 is 10.0 Å². The highest BCUT2D eigenvalue weighted by Crippen LogP contribution is 2.32. The van der Waals surface area contributed by atoms with Crippen LogP contribution in [0.5, 0.6) is 0 Å². The number of likely N-dealkylation sites (tertiary alicyclic amines) is 1. The Morgan fingerprint density at radius 2 is 2.18 bits per heavy atom. The number of H-pyrrole nitrogens is 1. The summed E-state index contributed by atoms with van der Waals surface area (Å²) in [5.74, 6) is 0.532. The molecule has 1 unspecified atom stereocenters. The molecule has 1 aromatic rings. The average Bonchev–Trinajstić information content (AvgIpc) is 3.05. The van der Waals surface area contributed by atoms with E-state index in [4.69, 9.17) is 0 Å². The molecule has 2 heterocycles. The highest BCUT2D eigenvalue weighted by atomic mass is 16.3. The number of nitrogens with zero attached hydrogens (tertiary/aromatic N) is 2. The van der Waals surface area contributed by atoms with Crippen LogP contribution in [0.1, 0.15) is 74.0 Å².